The highest BCUT2D eigenvalue weighted by Gasteiger charge is 2.10. The maximum Gasteiger partial charge on any atom is 0.276 e. The number of aromatic nitrogens is 2. The van der Waals surface area contributed by atoms with Crippen LogP contribution in [0.25, 0.3) is 10.9 Å². The number of hydrogen-bond donors (Lipinski definition) is 1. The van der Waals surface area contributed by atoms with Gasteiger partial charge in [0.25, 0.3) is 5.91 Å². The molecule has 0 bridgehead atoms. The molecule has 0 unspecified atom stereocenters. The van der Waals surface area contributed by atoms with Gasteiger partial charge in [-0.15, -0.1) is 11.3 Å². The minimum absolute atomic E-state index is 0.257. The number of thiazole rings is 1. The van der Waals surface area contributed by atoms with Crippen LogP contribution < -0.4 is 5.32 Å². The van der Waals surface area contributed by atoms with E-state index in [1.807, 2.05) is 24.3 Å². The van der Waals surface area contributed by atoms with Crippen molar-refractivity contribution in [3.63, 3.8) is 0 Å². The molecule has 3 aromatic rings. The lowest BCUT2D eigenvalue weighted by molar-refractivity contribution is 0.102. The van der Waals surface area contributed by atoms with E-state index in [1.54, 1.807) is 17.6 Å². The molecule has 3 rings (SSSR count). The van der Waals surface area contributed by atoms with Crippen molar-refractivity contribution in [1.82, 2.24) is 9.97 Å². The Balaban J connectivity index is 1.97. The molecule has 1 amide bonds. The van der Waals surface area contributed by atoms with Gasteiger partial charge in [-0.25, -0.2) is 9.97 Å². The molecular formula is C13H8BrN3OS. The predicted octanol–water partition coefficient (Wildman–Crippen LogP) is 3.71. The van der Waals surface area contributed by atoms with Crippen molar-refractivity contribution in [3.8, 4) is 0 Å². The standard InChI is InChI=1S/C13H8BrN3OS/c14-9-3-1-2-8-4-5-10(16-11(8)9)12(18)17-13-15-6-7-19-13/h1-7H,(H,15,17,18). The topological polar surface area (TPSA) is 54.9 Å². The molecule has 2 aromatic heterocycles. The summed E-state index contributed by atoms with van der Waals surface area (Å²) >= 11 is 4.81. The summed E-state index contributed by atoms with van der Waals surface area (Å²) in [7, 11) is 0. The number of halogens is 1. The minimum atomic E-state index is -0.257. The predicted molar refractivity (Wildman–Crippen MR) is 79.5 cm³/mol. The average molecular weight is 334 g/mol. The van der Waals surface area contributed by atoms with Gasteiger partial charge >= 0.3 is 0 Å². The Bertz CT molecular complexity index is 743. The second-order valence-electron chi connectivity index (χ2n) is 3.80. The first-order chi connectivity index (χ1) is 9.24. The summed E-state index contributed by atoms with van der Waals surface area (Å²) in [6.07, 6.45) is 1.64. The van der Waals surface area contributed by atoms with E-state index in [0.717, 1.165) is 15.4 Å². The molecular weight excluding hydrogens is 326 g/mol. The lowest BCUT2D eigenvalue weighted by Crippen LogP contribution is -2.13. The Hall–Kier alpha value is -1.79. The number of carbonyl (C=O) groups excluding carboxylic acids is 1. The Morgan fingerprint density at radius 3 is 2.95 bits per heavy atom. The summed E-state index contributed by atoms with van der Waals surface area (Å²) in [5, 5.41) is 6.07. The van der Waals surface area contributed by atoms with Crippen molar-refractivity contribution in [2.75, 3.05) is 5.32 Å². The summed E-state index contributed by atoms with van der Waals surface area (Å²) < 4.78 is 0.869. The van der Waals surface area contributed by atoms with Crippen LogP contribution in [-0.4, -0.2) is 15.9 Å². The van der Waals surface area contributed by atoms with E-state index in [2.05, 4.69) is 31.2 Å². The second kappa shape index (κ2) is 5.07. The monoisotopic (exact) mass is 333 g/mol. The largest absolute Gasteiger partial charge is 0.296 e. The van der Waals surface area contributed by atoms with E-state index in [9.17, 15) is 4.79 Å². The van der Waals surface area contributed by atoms with Crippen LogP contribution in [0.15, 0.2) is 46.4 Å². The zero-order valence-electron chi connectivity index (χ0n) is 9.63. The highest BCUT2D eigenvalue weighted by molar-refractivity contribution is 9.10. The van der Waals surface area contributed by atoms with E-state index >= 15 is 0 Å². The van der Waals surface area contributed by atoms with Crippen molar-refractivity contribution in [1.29, 1.82) is 0 Å². The van der Waals surface area contributed by atoms with Gasteiger partial charge in [-0.1, -0.05) is 18.2 Å². The first kappa shape index (κ1) is 12.3. The number of amides is 1. The summed E-state index contributed by atoms with van der Waals surface area (Å²) in [4.78, 5) is 20.4. The van der Waals surface area contributed by atoms with Gasteiger partial charge in [0.15, 0.2) is 5.13 Å². The van der Waals surface area contributed by atoms with Crippen LogP contribution in [0.3, 0.4) is 0 Å². The second-order valence-corrected chi connectivity index (χ2v) is 5.55. The van der Waals surface area contributed by atoms with Gasteiger partial charge in [-0.3, -0.25) is 10.1 Å². The van der Waals surface area contributed by atoms with Gasteiger partial charge in [0.05, 0.1) is 5.52 Å². The van der Waals surface area contributed by atoms with Crippen molar-refractivity contribution >= 4 is 49.2 Å². The number of benzene rings is 1. The normalized spacial score (nSPS) is 10.6. The fourth-order valence-corrected chi connectivity index (χ4v) is 2.68. The first-order valence-electron chi connectivity index (χ1n) is 5.50. The summed E-state index contributed by atoms with van der Waals surface area (Å²) in [5.74, 6) is -0.257. The van der Waals surface area contributed by atoms with Crippen LogP contribution in [-0.2, 0) is 0 Å². The highest BCUT2D eigenvalue weighted by Crippen LogP contribution is 2.22. The average Bonchev–Trinajstić information content (AvgIpc) is 2.92. The fraction of sp³-hybridized carbons (Fsp3) is 0. The summed E-state index contributed by atoms with van der Waals surface area (Å²) in [6.45, 7) is 0. The molecule has 0 saturated heterocycles. The van der Waals surface area contributed by atoms with E-state index in [-0.39, 0.29) is 5.91 Å². The summed E-state index contributed by atoms with van der Waals surface area (Å²) in [6, 6.07) is 9.37. The van der Waals surface area contributed by atoms with E-state index < -0.39 is 0 Å². The molecule has 6 heteroatoms. The number of para-hydroxylation sites is 1. The van der Waals surface area contributed by atoms with Crippen LogP contribution in [0.2, 0.25) is 0 Å². The van der Waals surface area contributed by atoms with Gasteiger partial charge in [-0.2, -0.15) is 0 Å². The zero-order valence-corrected chi connectivity index (χ0v) is 12.0. The van der Waals surface area contributed by atoms with Crippen LogP contribution in [0.4, 0.5) is 5.13 Å². The van der Waals surface area contributed by atoms with Crippen molar-refractivity contribution in [2.24, 2.45) is 0 Å². The van der Waals surface area contributed by atoms with Gasteiger partial charge in [0.1, 0.15) is 5.69 Å². The Labute approximate surface area is 121 Å². The van der Waals surface area contributed by atoms with Gasteiger partial charge in [0.2, 0.25) is 0 Å². The number of anilines is 1. The van der Waals surface area contributed by atoms with Crippen LogP contribution in [0, 0.1) is 0 Å². The Morgan fingerprint density at radius 1 is 1.26 bits per heavy atom. The SMILES string of the molecule is O=C(Nc1nccs1)c1ccc2cccc(Br)c2n1. The highest BCUT2D eigenvalue weighted by atomic mass is 79.9. The smallest absolute Gasteiger partial charge is 0.276 e. The van der Waals surface area contributed by atoms with Gasteiger partial charge < -0.3 is 0 Å². The quantitative estimate of drug-likeness (QED) is 0.777. The van der Waals surface area contributed by atoms with Gasteiger partial charge in [0, 0.05) is 21.4 Å². The molecule has 0 spiro atoms. The van der Waals surface area contributed by atoms with E-state index in [4.69, 9.17) is 0 Å². The molecule has 0 radical (unpaired) electrons. The molecule has 0 aliphatic heterocycles. The van der Waals surface area contributed by atoms with E-state index in [1.165, 1.54) is 11.3 Å². The van der Waals surface area contributed by atoms with E-state index in [0.29, 0.717) is 10.8 Å². The fourth-order valence-electron chi connectivity index (χ4n) is 1.68. The third kappa shape index (κ3) is 2.50. The number of nitrogens with zero attached hydrogens (tertiary/aromatic N) is 2. The Kier molecular flexibility index (Phi) is 3.27. The lowest BCUT2D eigenvalue weighted by Gasteiger charge is -2.04. The number of carbonyl (C=O) groups is 1. The molecule has 94 valence electrons. The number of nitrogens with one attached hydrogen (secondary N) is 1. The molecule has 0 aliphatic rings. The number of hydrogen-bond acceptors (Lipinski definition) is 4. The van der Waals surface area contributed by atoms with Gasteiger partial charge in [-0.05, 0) is 28.1 Å². The molecule has 1 aromatic carbocycles. The molecule has 1 N–H and O–H groups in total. The molecule has 19 heavy (non-hydrogen) atoms. The molecule has 0 atom stereocenters. The van der Waals surface area contributed by atoms with Crippen LogP contribution >= 0.6 is 27.3 Å². The Morgan fingerprint density at radius 2 is 2.16 bits per heavy atom. The molecule has 0 saturated carbocycles. The van der Waals surface area contributed by atoms with Crippen LogP contribution in [0.1, 0.15) is 10.5 Å². The number of pyridine rings is 1. The number of fused-ring (bicyclic) bond motifs is 1. The molecule has 0 aliphatic carbocycles. The maximum atomic E-state index is 12.0. The van der Waals surface area contributed by atoms with Crippen molar-refractivity contribution < 1.29 is 4.79 Å². The lowest BCUT2D eigenvalue weighted by atomic mass is 10.2. The third-order valence-corrected chi connectivity index (χ3v) is 3.88. The number of rotatable bonds is 2. The summed E-state index contributed by atoms with van der Waals surface area (Å²) in [5.41, 5.74) is 1.14. The molecule has 4 nitrogen and oxygen atoms in total. The first-order valence-corrected chi connectivity index (χ1v) is 7.17. The van der Waals surface area contributed by atoms with Crippen molar-refractivity contribution in [3.05, 3.63) is 52.1 Å². The molecule has 2 heterocycles. The third-order valence-electron chi connectivity index (χ3n) is 2.56. The zero-order chi connectivity index (χ0) is 13.2. The minimum Gasteiger partial charge on any atom is -0.296 e. The van der Waals surface area contributed by atoms with Crippen molar-refractivity contribution in [2.45, 2.75) is 0 Å². The maximum absolute atomic E-state index is 12.0. The molecule has 0 fully saturated rings. The van der Waals surface area contributed by atoms with Crippen LogP contribution in [0.5, 0.6) is 0 Å².